The number of pyridine rings is 1. The highest BCUT2D eigenvalue weighted by Gasteiger charge is 2.06. The molecule has 0 bridgehead atoms. The van der Waals surface area contributed by atoms with Gasteiger partial charge in [0.25, 0.3) is 0 Å². The van der Waals surface area contributed by atoms with E-state index >= 15 is 0 Å². The number of aromatic nitrogens is 1. The van der Waals surface area contributed by atoms with E-state index < -0.39 is 0 Å². The van der Waals surface area contributed by atoms with Gasteiger partial charge in [-0.2, -0.15) is 5.26 Å². The lowest BCUT2D eigenvalue weighted by Crippen LogP contribution is -1.94. The summed E-state index contributed by atoms with van der Waals surface area (Å²) in [5.41, 5.74) is 1.88. The fourth-order valence-corrected chi connectivity index (χ4v) is 1.69. The Kier molecular flexibility index (Phi) is 2.44. The van der Waals surface area contributed by atoms with Crippen LogP contribution < -0.4 is 5.32 Å². The number of hydrogen-bond donors (Lipinski definition) is 1. The zero-order valence-corrected chi connectivity index (χ0v) is 8.84. The van der Waals surface area contributed by atoms with Crippen molar-refractivity contribution in [3.63, 3.8) is 0 Å². The van der Waals surface area contributed by atoms with Crippen molar-refractivity contribution in [3.05, 3.63) is 35.0 Å². The lowest BCUT2D eigenvalue weighted by Gasteiger charge is -2.06. The van der Waals surface area contributed by atoms with Gasteiger partial charge in [0, 0.05) is 18.1 Å². The zero-order chi connectivity index (χ0) is 10.8. The SMILES string of the molecule is CNc1cc(C#N)nc2c(Cl)cccc12. The maximum absolute atomic E-state index is 8.82. The van der Waals surface area contributed by atoms with Crippen LogP contribution in [0.1, 0.15) is 5.69 Å². The number of rotatable bonds is 1. The number of halogens is 1. The van der Waals surface area contributed by atoms with E-state index in [1.807, 2.05) is 18.2 Å². The molecule has 74 valence electrons. The number of benzene rings is 1. The van der Waals surface area contributed by atoms with Gasteiger partial charge in [0.1, 0.15) is 11.8 Å². The number of para-hydroxylation sites is 1. The molecule has 0 saturated carbocycles. The maximum Gasteiger partial charge on any atom is 0.143 e. The van der Waals surface area contributed by atoms with Crippen LogP contribution in [0.5, 0.6) is 0 Å². The van der Waals surface area contributed by atoms with Crippen LogP contribution >= 0.6 is 11.6 Å². The Morgan fingerprint density at radius 2 is 2.27 bits per heavy atom. The minimum Gasteiger partial charge on any atom is -0.387 e. The van der Waals surface area contributed by atoms with Crippen molar-refractivity contribution in [2.24, 2.45) is 0 Å². The number of fused-ring (bicyclic) bond motifs is 1. The first-order chi connectivity index (χ1) is 7.26. The first-order valence-corrected chi connectivity index (χ1v) is 4.81. The van der Waals surface area contributed by atoms with Crippen LogP contribution in [-0.4, -0.2) is 12.0 Å². The van der Waals surface area contributed by atoms with E-state index in [2.05, 4.69) is 10.3 Å². The van der Waals surface area contributed by atoms with E-state index in [0.29, 0.717) is 16.2 Å². The van der Waals surface area contributed by atoms with Crippen LogP contribution in [0.4, 0.5) is 5.69 Å². The average Bonchev–Trinajstić information content (AvgIpc) is 2.28. The van der Waals surface area contributed by atoms with Gasteiger partial charge in [-0.15, -0.1) is 0 Å². The Morgan fingerprint density at radius 1 is 1.47 bits per heavy atom. The molecule has 0 aliphatic rings. The van der Waals surface area contributed by atoms with E-state index in [0.717, 1.165) is 11.1 Å². The molecule has 0 fully saturated rings. The fourth-order valence-electron chi connectivity index (χ4n) is 1.48. The summed E-state index contributed by atoms with van der Waals surface area (Å²) in [4.78, 5) is 4.17. The second kappa shape index (κ2) is 3.76. The molecule has 2 aromatic rings. The molecule has 0 saturated heterocycles. The molecule has 4 heteroatoms. The van der Waals surface area contributed by atoms with Gasteiger partial charge in [-0.05, 0) is 12.1 Å². The van der Waals surface area contributed by atoms with Crippen LogP contribution in [0.3, 0.4) is 0 Å². The van der Waals surface area contributed by atoms with Gasteiger partial charge in [0.2, 0.25) is 0 Å². The maximum atomic E-state index is 8.82. The Labute approximate surface area is 92.3 Å². The Balaban J connectivity index is 2.88. The van der Waals surface area contributed by atoms with Crippen molar-refractivity contribution in [3.8, 4) is 6.07 Å². The summed E-state index contributed by atoms with van der Waals surface area (Å²) in [6, 6.07) is 9.26. The molecule has 0 spiro atoms. The van der Waals surface area contributed by atoms with Crippen LogP contribution in [0.15, 0.2) is 24.3 Å². The fraction of sp³-hybridized carbons (Fsp3) is 0.0909. The Hall–Kier alpha value is -1.79. The van der Waals surface area contributed by atoms with Crippen LogP contribution in [-0.2, 0) is 0 Å². The van der Waals surface area contributed by atoms with Gasteiger partial charge in [-0.3, -0.25) is 0 Å². The molecule has 0 aliphatic heterocycles. The first-order valence-electron chi connectivity index (χ1n) is 4.43. The predicted octanol–water partition coefficient (Wildman–Crippen LogP) is 2.80. The number of nitrogens with zero attached hydrogens (tertiary/aromatic N) is 2. The molecule has 1 aromatic heterocycles. The molecule has 2 rings (SSSR count). The van der Waals surface area contributed by atoms with Crippen LogP contribution in [0, 0.1) is 11.3 Å². The van der Waals surface area contributed by atoms with Crippen molar-refractivity contribution in [2.75, 3.05) is 12.4 Å². The van der Waals surface area contributed by atoms with Gasteiger partial charge < -0.3 is 5.32 Å². The number of anilines is 1. The molecule has 1 aromatic carbocycles. The second-order valence-corrected chi connectivity index (χ2v) is 3.46. The number of nitriles is 1. The molecule has 0 amide bonds. The molecule has 0 aliphatic carbocycles. The molecule has 0 unspecified atom stereocenters. The quantitative estimate of drug-likeness (QED) is 0.799. The van der Waals surface area contributed by atoms with Crippen molar-refractivity contribution in [1.29, 1.82) is 5.26 Å². The summed E-state index contributed by atoms with van der Waals surface area (Å²) in [7, 11) is 1.80. The summed E-state index contributed by atoms with van der Waals surface area (Å²) >= 11 is 6.02. The van der Waals surface area contributed by atoms with Gasteiger partial charge in [-0.25, -0.2) is 4.98 Å². The topological polar surface area (TPSA) is 48.7 Å². The van der Waals surface area contributed by atoms with Crippen LogP contribution in [0.25, 0.3) is 10.9 Å². The lowest BCUT2D eigenvalue weighted by atomic mass is 10.1. The third kappa shape index (κ3) is 1.60. The third-order valence-corrected chi connectivity index (χ3v) is 2.48. The molecule has 3 nitrogen and oxygen atoms in total. The van der Waals surface area contributed by atoms with Crippen molar-refractivity contribution < 1.29 is 0 Å². The average molecular weight is 218 g/mol. The smallest absolute Gasteiger partial charge is 0.143 e. The summed E-state index contributed by atoms with van der Waals surface area (Å²) < 4.78 is 0. The van der Waals surface area contributed by atoms with Gasteiger partial charge in [-0.1, -0.05) is 23.7 Å². The van der Waals surface area contributed by atoms with Crippen molar-refractivity contribution in [1.82, 2.24) is 4.98 Å². The number of hydrogen-bond acceptors (Lipinski definition) is 3. The minimum atomic E-state index is 0.361. The minimum absolute atomic E-state index is 0.361. The zero-order valence-electron chi connectivity index (χ0n) is 8.08. The standard InChI is InChI=1S/C11H8ClN3/c1-14-10-5-7(6-13)15-11-8(10)3-2-4-9(11)12/h2-5H,1H3,(H,14,15). The summed E-state index contributed by atoms with van der Waals surface area (Å²) in [5.74, 6) is 0. The van der Waals surface area contributed by atoms with E-state index in [4.69, 9.17) is 16.9 Å². The van der Waals surface area contributed by atoms with E-state index in [-0.39, 0.29) is 0 Å². The lowest BCUT2D eigenvalue weighted by molar-refractivity contribution is 1.32. The Bertz CT molecular complexity index is 557. The molecule has 15 heavy (non-hydrogen) atoms. The highest BCUT2D eigenvalue weighted by Crippen LogP contribution is 2.27. The van der Waals surface area contributed by atoms with Gasteiger partial charge >= 0.3 is 0 Å². The summed E-state index contributed by atoms with van der Waals surface area (Å²) in [6.07, 6.45) is 0. The van der Waals surface area contributed by atoms with E-state index in [1.165, 1.54) is 0 Å². The monoisotopic (exact) mass is 217 g/mol. The summed E-state index contributed by atoms with van der Waals surface area (Å²) in [5, 5.41) is 13.3. The first kappa shape index (κ1) is 9.75. The number of nitrogens with one attached hydrogen (secondary N) is 1. The van der Waals surface area contributed by atoms with Crippen molar-refractivity contribution >= 4 is 28.2 Å². The van der Waals surface area contributed by atoms with Gasteiger partial charge in [0.15, 0.2) is 0 Å². The molecule has 1 heterocycles. The van der Waals surface area contributed by atoms with Crippen molar-refractivity contribution in [2.45, 2.75) is 0 Å². The highest BCUT2D eigenvalue weighted by atomic mass is 35.5. The van der Waals surface area contributed by atoms with E-state index in [1.54, 1.807) is 19.2 Å². The van der Waals surface area contributed by atoms with Gasteiger partial charge in [0.05, 0.1) is 10.5 Å². The highest BCUT2D eigenvalue weighted by molar-refractivity contribution is 6.35. The molecular weight excluding hydrogens is 210 g/mol. The predicted molar refractivity (Wildman–Crippen MR) is 61.0 cm³/mol. The molecule has 1 N–H and O–H groups in total. The molecule has 0 atom stereocenters. The Morgan fingerprint density at radius 3 is 2.93 bits per heavy atom. The summed E-state index contributed by atoms with van der Waals surface area (Å²) in [6.45, 7) is 0. The van der Waals surface area contributed by atoms with Crippen LogP contribution in [0.2, 0.25) is 5.02 Å². The third-order valence-electron chi connectivity index (χ3n) is 2.17. The molecular formula is C11H8ClN3. The van der Waals surface area contributed by atoms with E-state index in [9.17, 15) is 0 Å². The largest absolute Gasteiger partial charge is 0.387 e. The molecule has 0 radical (unpaired) electrons. The normalized spacial score (nSPS) is 9.93. The second-order valence-electron chi connectivity index (χ2n) is 3.05.